The molecule has 2 fully saturated rings. The van der Waals surface area contributed by atoms with Crippen LogP contribution in [0.4, 0.5) is 72.0 Å². The lowest BCUT2D eigenvalue weighted by Gasteiger charge is -2.25. The number of nitrogens with two attached hydrogens (primary N) is 1. The molecule has 5 N–H and O–H groups in total. The van der Waals surface area contributed by atoms with Crippen molar-refractivity contribution in [1.82, 2.24) is 49.0 Å². The van der Waals surface area contributed by atoms with Gasteiger partial charge in [-0.15, -0.1) is 0 Å². The highest BCUT2D eigenvalue weighted by Crippen LogP contribution is 2.45. The number of rotatable bonds is 15. The molecule has 0 bridgehead atoms. The van der Waals surface area contributed by atoms with E-state index < -0.39 is 47.3 Å². The van der Waals surface area contributed by atoms with E-state index in [9.17, 15) is 51.6 Å². The zero-order chi connectivity index (χ0) is 79.4. The summed E-state index contributed by atoms with van der Waals surface area (Å²) >= 11 is 5.51. The number of imidazole rings is 2. The summed E-state index contributed by atoms with van der Waals surface area (Å²) in [4.78, 5) is 40.9. The third-order valence-corrected chi connectivity index (χ3v) is 23.7. The van der Waals surface area contributed by atoms with Gasteiger partial charge >= 0.3 is 0 Å². The molecular weight excluding hydrogens is 1530 g/mol. The van der Waals surface area contributed by atoms with Gasteiger partial charge in [0.1, 0.15) is 68.9 Å². The molecule has 0 radical (unpaired) electrons. The SMILES string of the molecule is CC1=Nc2c(Nc3ccccc3S(C)(=O)=O)cc(Cc3ccc4c(n3)C(F)(F)CC4)nc2C1.Cc1nc2c(Nc3ccccc3S(C)(=O)=O)cc(Cc3ccc4c(n3)C(F)(F)CC4)nc2n1C1CCCCO1.Cc1nc2c(Nc3ccccc3S(C)(=O)=O)cc(N)nc2n1C1CCCCO1.FC1(F)CCc2ccc(Cl)nc21. The minimum atomic E-state index is -3.51. The highest BCUT2D eigenvalue weighted by Gasteiger charge is 2.43. The van der Waals surface area contributed by atoms with Crippen LogP contribution in [-0.2, 0) is 95.3 Å². The molecule has 2 atom stereocenters. The van der Waals surface area contributed by atoms with Gasteiger partial charge in [0.25, 0.3) is 17.8 Å². The molecule has 2 unspecified atom stereocenters. The number of pyridine rings is 6. The van der Waals surface area contributed by atoms with Gasteiger partial charge in [0.2, 0.25) is 0 Å². The van der Waals surface area contributed by atoms with Crippen LogP contribution in [-0.4, -0.2) is 112 Å². The second kappa shape index (κ2) is 31.2. The zero-order valence-corrected chi connectivity index (χ0v) is 65.1. The van der Waals surface area contributed by atoms with Crippen LogP contribution in [0.15, 0.2) is 147 Å². The monoisotopic (exact) mass is 1610 g/mol. The third-order valence-electron chi connectivity index (χ3n) is 20.0. The van der Waals surface area contributed by atoms with E-state index in [4.69, 9.17) is 41.8 Å². The zero-order valence-electron chi connectivity index (χ0n) is 61.9. The molecule has 0 amide bonds. The molecule has 17 rings (SSSR count). The number of alkyl halides is 6. The summed E-state index contributed by atoms with van der Waals surface area (Å²) in [6, 6.07) is 35.5. The van der Waals surface area contributed by atoms with Crippen LogP contribution in [0.25, 0.3) is 22.3 Å². The molecule has 11 aromatic rings. The van der Waals surface area contributed by atoms with Gasteiger partial charge in [-0.2, -0.15) is 26.3 Å². The van der Waals surface area contributed by atoms with E-state index in [1.54, 1.807) is 127 Å². The van der Waals surface area contributed by atoms with E-state index in [-0.39, 0.29) is 81.5 Å². The maximum atomic E-state index is 14.4. The molecule has 586 valence electrons. The minimum Gasteiger partial charge on any atom is -0.384 e. The van der Waals surface area contributed by atoms with E-state index in [0.29, 0.717) is 146 Å². The van der Waals surface area contributed by atoms with Gasteiger partial charge in [0, 0.05) is 99.4 Å². The number of fused-ring (bicyclic) bond motifs is 6. The maximum absolute atomic E-state index is 14.4. The fourth-order valence-electron chi connectivity index (χ4n) is 14.8. The molecule has 2 saturated heterocycles. The summed E-state index contributed by atoms with van der Waals surface area (Å²) in [5.74, 6) is -6.79. The van der Waals surface area contributed by atoms with Crippen molar-refractivity contribution in [2.45, 2.75) is 162 Å². The molecule has 8 aromatic heterocycles. The fraction of sp³-hybridized carbons (Fsp3) is 0.354. The van der Waals surface area contributed by atoms with E-state index >= 15 is 0 Å². The van der Waals surface area contributed by atoms with Crippen LogP contribution in [0.2, 0.25) is 5.15 Å². The molecular formula is C79H80ClF6N15O8S3. The van der Waals surface area contributed by atoms with Gasteiger partial charge in [-0.3, -0.25) is 29.1 Å². The van der Waals surface area contributed by atoms with Crippen LogP contribution in [0.1, 0.15) is 151 Å². The van der Waals surface area contributed by atoms with Crippen molar-refractivity contribution < 1.29 is 61.1 Å². The predicted molar refractivity (Wildman–Crippen MR) is 416 cm³/mol. The molecule has 33 heteroatoms. The van der Waals surface area contributed by atoms with Gasteiger partial charge in [-0.05, 0) is 162 Å². The first kappa shape index (κ1) is 78.7. The van der Waals surface area contributed by atoms with Crippen LogP contribution in [0, 0.1) is 13.8 Å². The summed E-state index contributed by atoms with van der Waals surface area (Å²) in [7, 11) is -10.3. The Morgan fingerprint density at radius 2 is 0.875 bits per heavy atom. The number of nitrogens with zero attached hydrogens (tertiary/aromatic N) is 11. The number of aromatic nitrogens is 10. The molecule has 6 aliphatic rings. The van der Waals surface area contributed by atoms with Crippen LogP contribution in [0.5, 0.6) is 0 Å². The second-order valence-electron chi connectivity index (χ2n) is 28.7. The average molecular weight is 1610 g/mol. The Kier molecular flexibility index (Phi) is 21.9. The molecule has 3 aliphatic heterocycles. The molecule has 3 aromatic carbocycles. The Morgan fingerprint density at radius 1 is 0.473 bits per heavy atom. The number of halogens is 7. The standard InChI is InChI=1S/C28H29F2N5O3S.C24H22F2N4O2S.C19H23N5O3S.C8H6ClF2N/c1-17-31-25-22(34-21-7-3-4-8-23(21)39(2,36)37)16-20(33-27(25)35(17)24-9-5-6-14-38-24)15-19-11-10-18-12-13-28(29,30)26(18)32-19;1-14-11-19-22(27-14)20(30-18-5-3-4-6-21(18)33(2,31)32)13-17(28-19)12-16-8-7-15-9-10-24(25,26)23(15)29-16;1-12-21-18-14(22-13-7-3-4-8-15(13)28(2,25)26)11-16(20)23-19(18)24(12)17-9-5-6-10-27-17;9-6-2-1-5-3-4-8(10,11)7(5)12-6/h3-4,7-8,10-11,16,24H,5-6,9,12-15H2,1-2H3,(H,33,34);3-8,13H,9-12H2,1-2H3,(H,28,30);3-4,7-8,11,17H,5-6,9-10H2,1-2H3,(H3,20,22,23);1-2H,3-4H2. The third kappa shape index (κ3) is 17.0. The highest BCUT2D eigenvalue weighted by molar-refractivity contribution is 7.91. The molecule has 3 aliphatic carbocycles. The summed E-state index contributed by atoms with van der Waals surface area (Å²) < 4.78 is 173. The first-order valence-corrected chi connectivity index (χ1v) is 42.5. The molecule has 0 spiro atoms. The molecule has 23 nitrogen and oxygen atoms in total. The largest absolute Gasteiger partial charge is 0.384 e. The number of nitrogen functional groups attached to an aromatic ring is 1. The van der Waals surface area contributed by atoms with Crippen molar-refractivity contribution >= 4 is 115 Å². The van der Waals surface area contributed by atoms with Gasteiger partial charge in [0.15, 0.2) is 40.8 Å². The van der Waals surface area contributed by atoms with Crippen LogP contribution >= 0.6 is 11.6 Å². The van der Waals surface area contributed by atoms with Gasteiger partial charge in [-0.25, -0.2) is 50.2 Å². The number of sulfone groups is 3. The average Bonchev–Trinajstić information content (AvgIpc) is 1.60. The summed E-state index contributed by atoms with van der Waals surface area (Å²) in [5, 5.41) is 9.81. The summed E-state index contributed by atoms with van der Waals surface area (Å²) in [5.41, 5.74) is 17.5. The number of ether oxygens (including phenoxy) is 2. The van der Waals surface area contributed by atoms with Crippen molar-refractivity contribution in [3.05, 3.63) is 206 Å². The highest BCUT2D eigenvalue weighted by atomic mass is 35.5. The Balaban J connectivity index is 0.000000131. The van der Waals surface area contributed by atoms with Crippen molar-refractivity contribution in [3.63, 3.8) is 0 Å². The fourth-order valence-corrected chi connectivity index (χ4v) is 17.5. The Hall–Kier alpha value is -9.99. The topological polar surface area (TPSA) is 308 Å². The maximum Gasteiger partial charge on any atom is 0.290 e. The van der Waals surface area contributed by atoms with Gasteiger partial charge < -0.3 is 31.2 Å². The number of hydrogen-bond donors (Lipinski definition) is 4. The smallest absolute Gasteiger partial charge is 0.290 e. The van der Waals surface area contributed by atoms with Crippen LogP contribution < -0.4 is 21.7 Å². The minimum absolute atomic E-state index is 0.121. The lowest BCUT2D eigenvalue weighted by molar-refractivity contribution is -0.0310. The van der Waals surface area contributed by atoms with Gasteiger partial charge in [-0.1, -0.05) is 66.2 Å². The van der Waals surface area contributed by atoms with E-state index in [2.05, 4.69) is 45.9 Å². The summed E-state index contributed by atoms with van der Waals surface area (Å²) in [6.07, 6.45) is 10.5. The van der Waals surface area contributed by atoms with E-state index in [0.717, 1.165) is 74.1 Å². The number of hydrogen-bond acceptors (Lipinski definition) is 21. The first-order chi connectivity index (χ1) is 53.1. The van der Waals surface area contributed by atoms with Crippen LogP contribution in [0.3, 0.4) is 0 Å². The number of aryl methyl sites for hydroxylation is 5. The second-order valence-corrected chi connectivity index (χ2v) is 35.0. The molecule has 112 heavy (non-hydrogen) atoms. The van der Waals surface area contributed by atoms with E-state index in [1.165, 1.54) is 6.26 Å². The quantitative estimate of drug-likeness (QED) is 0.0547. The lowest BCUT2D eigenvalue weighted by atomic mass is 10.1. The lowest BCUT2D eigenvalue weighted by Crippen LogP contribution is -2.19. The number of aliphatic imine (C=N–C) groups is 1. The Labute approximate surface area is 648 Å². The first-order valence-electron chi connectivity index (χ1n) is 36.4. The van der Waals surface area contributed by atoms with Crippen molar-refractivity contribution in [2.75, 3.05) is 53.7 Å². The number of anilines is 7. The van der Waals surface area contributed by atoms with Crippen molar-refractivity contribution in [1.29, 1.82) is 0 Å². The van der Waals surface area contributed by atoms with Crippen molar-refractivity contribution in [3.8, 4) is 0 Å². The Bertz CT molecular complexity index is 5900. The summed E-state index contributed by atoms with van der Waals surface area (Å²) in [6.45, 7) is 7.05. The normalized spacial score (nSPS) is 17.8. The predicted octanol–water partition coefficient (Wildman–Crippen LogP) is 16.5. The number of para-hydroxylation sites is 3. The van der Waals surface area contributed by atoms with Gasteiger partial charge in [0.05, 0.1) is 60.2 Å². The van der Waals surface area contributed by atoms with E-state index in [1.807, 2.05) is 29.9 Å². The molecule has 0 saturated carbocycles. The molecule has 11 heterocycles. The number of nitrogens with one attached hydrogen (secondary N) is 3. The van der Waals surface area contributed by atoms with Crippen molar-refractivity contribution in [2.24, 2.45) is 4.99 Å². The Morgan fingerprint density at radius 3 is 1.32 bits per heavy atom. The number of benzene rings is 3.